The number of carbonyl (C=O) groups excluding carboxylic acids is 1. The highest BCUT2D eigenvalue weighted by Crippen LogP contribution is 2.44. The number of fused-ring (bicyclic) bond motifs is 1. The van der Waals surface area contributed by atoms with Crippen LogP contribution in [-0.2, 0) is 9.53 Å². The minimum atomic E-state index is -0.198. The van der Waals surface area contributed by atoms with Gasteiger partial charge in [-0.1, -0.05) is 24.3 Å². The van der Waals surface area contributed by atoms with Crippen LogP contribution in [0.25, 0.3) is 0 Å². The lowest BCUT2D eigenvalue weighted by Crippen LogP contribution is -2.34. The number of thioether (sulfide) groups is 1. The van der Waals surface area contributed by atoms with Crippen LogP contribution >= 0.6 is 11.8 Å². The summed E-state index contributed by atoms with van der Waals surface area (Å²) in [4.78, 5) is 11.5. The van der Waals surface area contributed by atoms with Gasteiger partial charge in [-0.2, -0.15) is 0 Å². The number of esters is 1. The van der Waals surface area contributed by atoms with Gasteiger partial charge in [0.15, 0.2) is 0 Å². The van der Waals surface area contributed by atoms with Crippen molar-refractivity contribution in [2.45, 2.75) is 10.6 Å². The first kappa shape index (κ1) is 9.80. The molecule has 1 fully saturated rings. The van der Waals surface area contributed by atoms with Gasteiger partial charge < -0.3 is 10.5 Å². The smallest absolute Gasteiger partial charge is 0.311 e. The van der Waals surface area contributed by atoms with Crippen LogP contribution in [0.3, 0.4) is 0 Å². The Labute approximate surface area is 87.4 Å². The summed E-state index contributed by atoms with van der Waals surface area (Å²) >= 11 is 1.64. The van der Waals surface area contributed by atoms with E-state index in [1.807, 2.05) is 18.2 Å². The van der Waals surface area contributed by atoms with Gasteiger partial charge in [0.05, 0.1) is 18.4 Å². The summed E-state index contributed by atoms with van der Waals surface area (Å²) in [7, 11) is 1.41. The normalized spacial score (nSPS) is 39.6. The lowest BCUT2D eigenvalue weighted by Gasteiger charge is -2.19. The van der Waals surface area contributed by atoms with Crippen molar-refractivity contribution in [2.24, 2.45) is 17.6 Å². The van der Waals surface area contributed by atoms with Crippen LogP contribution in [0.4, 0.5) is 0 Å². The minimum Gasteiger partial charge on any atom is -0.469 e. The number of ether oxygens (including phenoxy) is 1. The van der Waals surface area contributed by atoms with Crippen molar-refractivity contribution < 1.29 is 9.53 Å². The Kier molecular flexibility index (Phi) is 2.65. The Hall–Kier alpha value is -0.740. The molecule has 0 bridgehead atoms. The summed E-state index contributed by atoms with van der Waals surface area (Å²) in [5, 5.41) is 0.184. The maximum absolute atomic E-state index is 11.5. The molecule has 1 aliphatic heterocycles. The fourth-order valence-corrected chi connectivity index (χ4v) is 3.42. The van der Waals surface area contributed by atoms with Crippen LogP contribution in [0.5, 0.6) is 0 Å². The molecule has 76 valence electrons. The molecule has 4 atom stereocenters. The van der Waals surface area contributed by atoms with E-state index >= 15 is 0 Å². The molecule has 0 spiro atoms. The zero-order valence-electron chi connectivity index (χ0n) is 7.92. The Bertz CT molecular complexity index is 300. The zero-order chi connectivity index (χ0) is 10.1. The molecule has 4 heteroatoms. The maximum Gasteiger partial charge on any atom is 0.311 e. The van der Waals surface area contributed by atoms with Gasteiger partial charge in [0, 0.05) is 11.2 Å². The van der Waals surface area contributed by atoms with Crippen LogP contribution in [0, 0.1) is 11.8 Å². The zero-order valence-corrected chi connectivity index (χ0v) is 8.74. The number of allylic oxidation sites excluding steroid dienone is 3. The van der Waals surface area contributed by atoms with Crippen LogP contribution in [-0.4, -0.2) is 23.7 Å². The topological polar surface area (TPSA) is 52.3 Å². The lowest BCUT2D eigenvalue weighted by molar-refractivity contribution is -0.146. The van der Waals surface area contributed by atoms with Crippen molar-refractivity contribution in [3.05, 3.63) is 24.3 Å². The van der Waals surface area contributed by atoms with E-state index in [1.165, 1.54) is 7.11 Å². The summed E-state index contributed by atoms with van der Waals surface area (Å²) in [6, 6.07) is 0. The molecule has 0 amide bonds. The average Bonchev–Trinajstić information content (AvgIpc) is 2.53. The second-order valence-electron chi connectivity index (χ2n) is 3.46. The molecule has 1 heterocycles. The van der Waals surface area contributed by atoms with Gasteiger partial charge in [-0.15, -0.1) is 11.8 Å². The van der Waals surface area contributed by atoms with Crippen LogP contribution < -0.4 is 5.73 Å². The molecule has 2 rings (SSSR count). The van der Waals surface area contributed by atoms with Gasteiger partial charge in [-0.3, -0.25) is 4.79 Å². The molecule has 4 unspecified atom stereocenters. The van der Waals surface area contributed by atoms with Crippen molar-refractivity contribution >= 4 is 17.7 Å². The van der Waals surface area contributed by atoms with E-state index in [0.29, 0.717) is 5.25 Å². The van der Waals surface area contributed by atoms with E-state index in [4.69, 9.17) is 10.5 Å². The molecule has 2 aliphatic rings. The van der Waals surface area contributed by atoms with Crippen LogP contribution in [0.2, 0.25) is 0 Å². The van der Waals surface area contributed by atoms with Gasteiger partial charge >= 0.3 is 5.97 Å². The van der Waals surface area contributed by atoms with Crippen molar-refractivity contribution in [1.29, 1.82) is 0 Å². The molecule has 14 heavy (non-hydrogen) atoms. The molecule has 0 aromatic carbocycles. The first-order valence-corrected chi connectivity index (χ1v) is 5.52. The van der Waals surface area contributed by atoms with E-state index in [2.05, 4.69) is 6.08 Å². The molecule has 0 radical (unpaired) electrons. The molecule has 1 aliphatic carbocycles. The van der Waals surface area contributed by atoms with Gasteiger partial charge in [-0.05, 0) is 0 Å². The molecule has 0 saturated carbocycles. The van der Waals surface area contributed by atoms with Crippen LogP contribution in [0.15, 0.2) is 24.3 Å². The molecule has 2 N–H and O–H groups in total. The third-order valence-electron chi connectivity index (χ3n) is 2.68. The first-order chi connectivity index (χ1) is 6.74. The SMILES string of the molecule is COC(=O)C1C(N)SC2C=CC=CC21. The second kappa shape index (κ2) is 3.79. The predicted molar refractivity (Wildman–Crippen MR) is 56.6 cm³/mol. The average molecular weight is 211 g/mol. The summed E-state index contributed by atoms with van der Waals surface area (Å²) < 4.78 is 4.76. The van der Waals surface area contributed by atoms with Crippen molar-refractivity contribution in [3.8, 4) is 0 Å². The fourth-order valence-electron chi connectivity index (χ4n) is 1.98. The Morgan fingerprint density at radius 2 is 2.14 bits per heavy atom. The Morgan fingerprint density at radius 3 is 2.86 bits per heavy atom. The predicted octanol–water partition coefficient (Wildman–Crippen LogP) is 0.918. The van der Waals surface area contributed by atoms with Gasteiger partial charge in [0.25, 0.3) is 0 Å². The number of hydrogen-bond donors (Lipinski definition) is 1. The molecule has 3 nitrogen and oxygen atoms in total. The molecule has 1 saturated heterocycles. The highest BCUT2D eigenvalue weighted by Gasteiger charge is 2.45. The molecular weight excluding hydrogens is 198 g/mol. The number of nitrogens with two attached hydrogens (primary N) is 1. The number of carbonyl (C=O) groups is 1. The third-order valence-corrected chi connectivity index (χ3v) is 4.07. The largest absolute Gasteiger partial charge is 0.469 e. The highest BCUT2D eigenvalue weighted by atomic mass is 32.2. The van der Waals surface area contributed by atoms with E-state index < -0.39 is 0 Å². The van der Waals surface area contributed by atoms with Gasteiger partial charge in [0.1, 0.15) is 0 Å². The van der Waals surface area contributed by atoms with Crippen molar-refractivity contribution in [3.63, 3.8) is 0 Å². The van der Waals surface area contributed by atoms with E-state index in [9.17, 15) is 4.79 Å². The Morgan fingerprint density at radius 1 is 1.43 bits per heavy atom. The quantitative estimate of drug-likeness (QED) is 0.655. The first-order valence-electron chi connectivity index (χ1n) is 4.58. The third kappa shape index (κ3) is 1.48. The minimum absolute atomic E-state index is 0.148. The van der Waals surface area contributed by atoms with E-state index in [-0.39, 0.29) is 23.2 Å². The second-order valence-corrected chi connectivity index (χ2v) is 4.82. The molecule has 0 aromatic heterocycles. The standard InChI is InChI=1S/C10H13NO2S/c1-13-10(12)8-6-4-2-3-5-7(6)14-9(8)11/h2-9H,11H2,1H3. The number of rotatable bonds is 1. The van der Waals surface area contributed by atoms with Crippen molar-refractivity contribution in [2.75, 3.05) is 7.11 Å². The Balaban J connectivity index is 2.21. The highest BCUT2D eigenvalue weighted by molar-refractivity contribution is 8.01. The number of methoxy groups -OCH3 is 1. The van der Waals surface area contributed by atoms with Gasteiger partial charge in [0.2, 0.25) is 0 Å². The maximum atomic E-state index is 11.5. The monoisotopic (exact) mass is 211 g/mol. The summed E-state index contributed by atoms with van der Waals surface area (Å²) in [5.41, 5.74) is 5.91. The number of hydrogen-bond acceptors (Lipinski definition) is 4. The lowest BCUT2D eigenvalue weighted by atomic mass is 9.87. The van der Waals surface area contributed by atoms with Gasteiger partial charge in [-0.25, -0.2) is 0 Å². The van der Waals surface area contributed by atoms with Crippen molar-refractivity contribution in [1.82, 2.24) is 0 Å². The summed E-state index contributed by atoms with van der Waals surface area (Å²) in [6.45, 7) is 0. The molecule has 0 aromatic rings. The fraction of sp³-hybridized carbons (Fsp3) is 0.500. The van der Waals surface area contributed by atoms with E-state index in [0.717, 1.165) is 0 Å². The summed E-state index contributed by atoms with van der Waals surface area (Å²) in [6.07, 6.45) is 8.11. The van der Waals surface area contributed by atoms with E-state index in [1.54, 1.807) is 11.8 Å². The van der Waals surface area contributed by atoms with Crippen LogP contribution in [0.1, 0.15) is 0 Å². The molecular formula is C10H13NO2S. The summed E-state index contributed by atoms with van der Waals surface area (Å²) in [5.74, 6) is -0.193.